The predicted molar refractivity (Wildman–Crippen MR) is 206 cm³/mol. The number of hydrogen-bond acceptors (Lipinski definition) is 2. The molecule has 0 aliphatic heterocycles. The SMILES string of the molecule is c1ccc(N(c2ccccc2)c2cccc3c4cccc5c6c7c8c9ccccc9cc9c%10ccccc%10n(c7cnc6n(c23)c45)c98)cc1. The average molecular weight is 623 g/mol. The molecule has 12 rings (SSSR count). The molecule has 0 fully saturated rings. The predicted octanol–water partition coefficient (Wildman–Crippen LogP) is 12.0. The largest absolute Gasteiger partial charge is 0.308 e. The van der Waals surface area contributed by atoms with Crippen molar-refractivity contribution >= 4 is 104 Å². The Bertz CT molecular complexity index is 3220. The molecular formula is C45H26N4. The molecule has 4 nitrogen and oxygen atoms in total. The molecule has 0 saturated carbocycles. The van der Waals surface area contributed by atoms with E-state index in [2.05, 4.69) is 172 Å². The molecule has 0 unspecified atom stereocenters. The minimum atomic E-state index is 0.990. The molecule has 226 valence electrons. The topological polar surface area (TPSA) is 24.9 Å². The summed E-state index contributed by atoms with van der Waals surface area (Å²) in [6.07, 6.45) is 2.12. The van der Waals surface area contributed by atoms with Crippen molar-refractivity contribution in [2.24, 2.45) is 0 Å². The van der Waals surface area contributed by atoms with Crippen LogP contribution in [0.15, 0.2) is 158 Å². The molecular weight excluding hydrogens is 597 g/mol. The van der Waals surface area contributed by atoms with Crippen LogP contribution in [0.25, 0.3) is 87.1 Å². The molecule has 12 aromatic rings. The maximum atomic E-state index is 5.40. The van der Waals surface area contributed by atoms with Crippen LogP contribution in [-0.4, -0.2) is 13.8 Å². The Morgan fingerprint density at radius 1 is 0.408 bits per heavy atom. The zero-order valence-corrected chi connectivity index (χ0v) is 26.3. The first-order chi connectivity index (χ1) is 24.4. The fourth-order valence-electron chi connectivity index (χ4n) is 8.91. The van der Waals surface area contributed by atoms with Gasteiger partial charge in [0.2, 0.25) is 0 Å². The van der Waals surface area contributed by atoms with E-state index in [1.807, 2.05) is 0 Å². The molecule has 7 aromatic carbocycles. The van der Waals surface area contributed by atoms with Gasteiger partial charge < -0.3 is 9.30 Å². The number of aromatic nitrogens is 3. The lowest BCUT2D eigenvalue weighted by Crippen LogP contribution is -2.10. The van der Waals surface area contributed by atoms with E-state index >= 15 is 0 Å². The summed E-state index contributed by atoms with van der Waals surface area (Å²) in [4.78, 5) is 7.78. The second-order valence-corrected chi connectivity index (χ2v) is 13.2. The lowest BCUT2D eigenvalue weighted by molar-refractivity contribution is 1.24. The summed E-state index contributed by atoms with van der Waals surface area (Å²) in [5.41, 5.74) is 10.4. The second kappa shape index (κ2) is 9.03. The quantitative estimate of drug-likeness (QED) is 0.196. The third kappa shape index (κ3) is 3.07. The Balaban J connectivity index is 1.32. The lowest BCUT2D eigenvalue weighted by Gasteiger charge is -2.26. The van der Waals surface area contributed by atoms with Crippen molar-refractivity contribution in [1.82, 2.24) is 13.8 Å². The van der Waals surface area contributed by atoms with Crippen molar-refractivity contribution in [2.75, 3.05) is 4.90 Å². The molecule has 4 heteroatoms. The monoisotopic (exact) mass is 622 g/mol. The van der Waals surface area contributed by atoms with E-state index in [0.29, 0.717) is 0 Å². The van der Waals surface area contributed by atoms with Crippen LogP contribution >= 0.6 is 0 Å². The summed E-state index contributed by atoms with van der Waals surface area (Å²) >= 11 is 0. The highest BCUT2D eigenvalue weighted by atomic mass is 15.2. The minimum Gasteiger partial charge on any atom is -0.308 e. The Morgan fingerprint density at radius 2 is 1.04 bits per heavy atom. The molecule has 0 aliphatic carbocycles. The normalized spacial score (nSPS) is 12.5. The van der Waals surface area contributed by atoms with Crippen LogP contribution in [-0.2, 0) is 0 Å². The molecule has 0 saturated heterocycles. The highest BCUT2D eigenvalue weighted by Gasteiger charge is 2.27. The highest BCUT2D eigenvalue weighted by Crippen LogP contribution is 2.50. The van der Waals surface area contributed by atoms with Crippen LogP contribution in [0.4, 0.5) is 17.1 Å². The van der Waals surface area contributed by atoms with Crippen molar-refractivity contribution < 1.29 is 0 Å². The van der Waals surface area contributed by atoms with Crippen LogP contribution in [0.2, 0.25) is 0 Å². The fourth-order valence-corrected chi connectivity index (χ4v) is 8.91. The summed E-state index contributed by atoms with van der Waals surface area (Å²) in [5, 5.41) is 12.6. The zero-order chi connectivity index (χ0) is 31.8. The third-order valence-electron chi connectivity index (χ3n) is 10.7. The van der Waals surface area contributed by atoms with Gasteiger partial charge in [-0.3, -0.25) is 4.40 Å². The summed E-state index contributed by atoms with van der Waals surface area (Å²) in [7, 11) is 0. The molecule has 5 aromatic heterocycles. The van der Waals surface area contributed by atoms with Gasteiger partial charge in [0.15, 0.2) is 0 Å². The molecule has 0 radical (unpaired) electrons. The lowest BCUT2D eigenvalue weighted by atomic mass is 9.98. The van der Waals surface area contributed by atoms with Crippen LogP contribution < -0.4 is 4.90 Å². The first-order valence-electron chi connectivity index (χ1n) is 16.8. The Morgan fingerprint density at radius 3 is 1.84 bits per heavy atom. The molecule has 5 heterocycles. The van der Waals surface area contributed by atoms with Crippen LogP contribution in [0.3, 0.4) is 0 Å². The number of nitrogens with zero attached hydrogens (tertiary/aromatic N) is 4. The third-order valence-corrected chi connectivity index (χ3v) is 10.7. The highest BCUT2D eigenvalue weighted by molar-refractivity contribution is 6.39. The number of anilines is 3. The average Bonchev–Trinajstić information content (AvgIpc) is 3.89. The standard InChI is InChI=1S/C45H26N4/c1-3-14-28(15-4-1)47(29-16-5-2-6-17-29)37-24-12-21-33-32-20-11-22-34-40-41-38(26-46-45(40)49(42(32)34)43(33)37)48-36-23-10-9-19-31(36)35-25-27-13-7-8-18-30(27)39(41)44(35)48/h1-26H. The summed E-state index contributed by atoms with van der Waals surface area (Å²) < 4.78 is 4.90. The number of rotatable bonds is 3. The van der Waals surface area contributed by atoms with Gasteiger partial charge in [0.25, 0.3) is 0 Å². The van der Waals surface area contributed by atoms with Gasteiger partial charge in [-0.2, -0.15) is 0 Å². The van der Waals surface area contributed by atoms with E-state index < -0.39 is 0 Å². The van der Waals surface area contributed by atoms with Gasteiger partial charge in [0.05, 0.1) is 39.5 Å². The van der Waals surface area contributed by atoms with Crippen molar-refractivity contribution in [3.05, 3.63) is 158 Å². The number of pyridine rings is 1. The van der Waals surface area contributed by atoms with Crippen LogP contribution in [0.1, 0.15) is 0 Å². The number of para-hydroxylation sites is 5. The first-order valence-corrected chi connectivity index (χ1v) is 16.8. The molecule has 0 atom stereocenters. The molecule has 0 N–H and O–H groups in total. The second-order valence-electron chi connectivity index (χ2n) is 13.2. The smallest absolute Gasteiger partial charge is 0.146 e. The van der Waals surface area contributed by atoms with Gasteiger partial charge in [-0.1, -0.05) is 109 Å². The van der Waals surface area contributed by atoms with Gasteiger partial charge >= 0.3 is 0 Å². The van der Waals surface area contributed by atoms with Crippen LogP contribution in [0, 0.1) is 0 Å². The van der Waals surface area contributed by atoms with Gasteiger partial charge in [-0.15, -0.1) is 0 Å². The van der Waals surface area contributed by atoms with E-state index in [0.717, 1.165) is 33.7 Å². The number of fused-ring (bicyclic) bond motifs is 15. The maximum absolute atomic E-state index is 5.40. The van der Waals surface area contributed by atoms with Gasteiger partial charge in [-0.05, 0) is 53.2 Å². The molecule has 49 heavy (non-hydrogen) atoms. The number of benzene rings is 7. The van der Waals surface area contributed by atoms with E-state index in [-0.39, 0.29) is 0 Å². The Hall–Kier alpha value is -6.65. The van der Waals surface area contributed by atoms with Crippen molar-refractivity contribution in [2.45, 2.75) is 0 Å². The minimum absolute atomic E-state index is 0.990. The van der Waals surface area contributed by atoms with Gasteiger partial charge in [0, 0.05) is 54.5 Å². The number of hydrogen-bond donors (Lipinski definition) is 0. The van der Waals surface area contributed by atoms with Crippen molar-refractivity contribution in [3.63, 3.8) is 0 Å². The zero-order valence-electron chi connectivity index (χ0n) is 26.3. The molecule has 0 amide bonds. The van der Waals surface area contributed by atoms with Crippen LogP contribution in [0.5, 0.6) is 0 Å². The summed E-state index contributed by atoms with van der Waals surface area (Å²) in [6, 6.07) is 54.9. The first kappa shape index (κ1) is 25.4. The fraction of sp³-hybridized carbons (Fsp3) is 0. The molecule has 0 spiro atoms. The van der Waals surface area contributed by atoms with E-state index in [9.17, 15) is 0 Å². The molecule has 0 bridgehead atoms. The van der Waals surface area contributed by atoms with E-state index in [1.54, 1.807) is 0 Å². The van der Waals surface area contributed by atoms with E-state index in [4.69, 9.17) is 4.98 Å². The van der Waals surface area contributed by atoms with Gasteiger partial charge in [0.1, 0.15) is 5.65 Å². The van der Waals surface area contributed by atoms with E-state index in [1.165, 1.54) is 70.4 Å². The Kier molecular flexibility index (Phi) is 4.69. The Labute approximate surface area is 279 Å². The summed E-state index contributed by atoms with van der Waals surface area (Å²) in [5.74, 6) is 0. The van der Waals surface area contributed by atoms with Crippen molar-refractivity contribution in [3.8, 4) is 0 Å². The van der Waals surface area contributed by atoms with Gasteiger partial charge in [-0.25, -0.2) is 4.98 Å². The molecule has 0 aliphatic rings. The van der Waals surface area contributed by atoms with Crippen molar-refractivity contribution in [1.29, 1.82) is 0 Å². The summed E-state index contributed by atoms with van der Waals surface area (Å²) in [6.45, 7) is 0. The maximum Gasteiger partial charge on any atom is 0.146 e.